The average molecular weight is 701 g/mol. The van der Waals surface area contributed by atoms with Gasteiger partial charge in [0.15, 0.2) is 17.5 Å². The number of Topliss-reactive ketones (excluding diaryl/α,β-unsaturated/α-hetero) is 4. The Labute approximate surface area is 297 Å². The van der Waals surface area contributed by atoms with Crippen LogP contribution in [0.4, 0.5) is 0 Å². The first kappa shape index (κ1) is 35.9. The third-order valence-electron chi connectivity index (χ3n) is 9.03. The van der Waals surface area contributed by atoms with Crippen molar-refractivity contribution in [1.82, 2.24) is 0 Å². The fraction of sp³-hybridized carbons (Fsp3) is 0.146. The Morgan fingerprint density at radius 2 is 0.942 bits per heavy atom. The molecule has 11 heteroatoms. The zero-order valence-electron chi connectivity index (χ0n) is 27.3. The van der Waals surface area contributed by atoms with Crippen molar-refractivity contribution in [1.29, 1.82) is 0 Å². The van der Waals surface area contributed by atoms with E-state index in [1.165, 1.54) is 140 Å². The van der Waals surface area contributed by atoms with Crippen LogP contribution in [0.15, 0.2) is 152 Å². The summed E-state index contributed by atoms with van der Waals surface area (Å²) in [7, 11) is 0. The van der Waals surface area contributed by atoms with Gasteiger partial charge in [-0.1, -0.05) is 140 Å². The first-order chi connectivity index (χ1) is 25.0. The maximum atomic E-state index is 15.0. The van der Waals surface area contributed by atoms with E-state index in [1.54, 1.807) is 12.1 Å². The summed E-state index contributed by atoms with van der Waals surface area (Å²) in [5.41, 5.74) is -9.30. The summed E-state index contributed by atoms with van der Waals surface area (Å²) in [5, 5.41) is 49.3. The average Bonchev–Trinajstić information content (AvgIpc) is 3.21. The van der Waals surface area contributed by atoms with Crippen LogP contribution in [0, 0.1) is 0 Å². The number of aliphatic hydroxyl groups excluding tert-OH is 2. The lowest BCUT2D eigenvalue weighted by atomic mass is 9.61. The van der Waals surface area contributed by atoms with Crippen LogP contribution < -0.4 is 0 Å². The number of carbonyl (C=O) groups is 5. The highest BCUT2D eigenvalue weighted by molar-refractivity contribution is 6.19. The zero-order chi connectivity index (χ0) is 37.1. The van der Waals surface area contributed by atoms with Crippen LogP contribution in [-0.4, -0.2) is 78.7 Å². The van der Waals surface area contributed by atoms with Crippen LogP contribution in [0.2, 0.25) is 0 Å². The molecular formula is C41H32O11. The molecule has 4 N–H and O–H groups in total. The number of ketones is 4. The summed E-state index contributed by atoms with van der Waals surface area (Å²) < 4.78 is 11.8. The normalized spacial score (nSPS) is 24.6. The van der Waals surface area contributed by atoms with Crippen molar-refractivity contribution in [3.05, 3.63) is 179 Å². The lowest BCUT2D eigenvalue weighted by Crippen LogP contribution is -2.87. The predicted octanol–water partition coefficient (Wildman–Crippen LogP) is 3.71. The van der Waals surface area contributed by atoms with Gasteiger partial charge in [0.1, 0.15) is 12.2 Å². The maximum Gasteiger partial charge on any atom is 0.341 e. The van der Waals surface area contributed by atoms with Crippen molar-refractivity contribution < 1.29 is 53.9 Å². The number of carbonyl (C=O) groups excluding carboxylic acids is 5. The van der Waals surface area contributed by atoms with Gasteiger partial charge in [0.2, 0.25) is 23.0 Å². The monoisotopic (exact) mass is 700 g/mol. The molecule has 6 atom stereocenters. The summed E-state index contributed by atoms with van der Waals surface area (Å²) in [5.74, 6) is -11.2. The van der Waals surface area contributed by atoms with Crippen LogP contribution in [0.3, 0.4) is 0 Å². The second kappa shape index (κ2) is 14.3. The smallest absolute Gasteiger partial charge is 0.341 e. The van der Waals surface area contributed by atoms with Gasteiger partial charge in [-0.05, 0) is 17.7 Å². The molecule has 5 aromatic rings. The summed E-state index contributed by atoms with van der Waals surface area (Å²) in [6.45, 7) is 0. The molecule has 1 aliphatic heterocycles. The summed E-state index contributed by atoms with van der Waals surface area (Å²) in [4.78, 5) is 72.8. The van der Waals surface area contributed by atoms with E-state index in [-0.39, 0.29) is 22.3 Å². The Bertz CT molecular complexity index is 2090. The lowest BCUT2D eigenvalue weighted by molar-refractivity contribution is -0.351. The molecule has 0 amide bonds. The molecule has 0 aromatic heterocycles. The first-order valence-electron chi connectivity index (χ1n) is 16.1. The Morgan fingerprint density at radius 3 is 1.40 bits per heavy atom. The summed E-state index contributed by atoms with van der Waals surface area (Å²) in [6, 6.07) is 34.5. The topological polar surface area (TPSA) is 185 Å². The number of benzene rings is 5. The van der Waals surface area contributed by atoms with Gasteiger partial charge in [0, 0.05) is 16.7 Å². The van der Waals surface area contributed by atoms with Crippen molar-refractivity contribution in [2.24, 2.45) is 0 Å². The van der Waals surface area contributed by atoms with Crippen molar-refractivity contribution in [3.63, 3.8) is 0 Å². The molecule has 0 saturated carbocycles. The number of esters is 1. The first-order valence-corrected chi connectivity index (χ1v) is 16.1. The largest absolute Gasteiger partial charge is 0.417 e. The van der Waals surface area contributed by atoms with Gasteiger partial charge >= 0.3 is 11.8 Å². The molecule has 1 saturated heterocycles. The van der Waals surface area contributed by atoms with Gasteiger partial charge in [-0.25, -0.2) is 4.79 Å². The molecular weight excluding hydrogens is 668 g/mol. The summed E-state index contributed by atoms with van der Waals surface area (Å²) in [6.07, 6.45) is -7.56. The molecule has 5 aromatic carbocycles. The van der Waals surface area contributed by atoms with Gasteiger partial charge in [-0.3, -0.25) is 19.2 Å². The van der Waals surface area contributed by atoms with E-state index in [0.29, 0.717) is 0 Å². The van der Waals surface area contributed by atoms with Gasteiger partial charge in [0.05, 0.1) is 5.56 Å². The minimum absolute atomic E-state index is 0.0105. The Balaban J connectivity index is 1.70. The molecule has 0 radical (unpaired) electrons. The van der Waals surface area contributed by atoms with Crippen molar-refractivity contribution in [2.45, 2.75) is 35.3 Å². The zero-order valence-corrected chi connectivity index (χ0v) is 27.3. The van der Waals surface area contributed by atoms with E-state index in [2.05, 4.69) is 0 Å². The van der Waals surface area contributed by atoms with Crippen molar-refractivity contribution in [3.8, 4) is 0 Å². The highest BCUT2D eigenvalue weighted by Gasteiger charge is 2.83. The van der Waals surface area contributed by atoms with Gasteiger partial charge < -0.3 is 29.9 Å². The van der Waals surface area contributed by atoms with E-state index in [4.69, 9.17) is 9.47 Å². The molecule has 262 valence electrons. The Morgan fingerprint density at radius 1 is 0.558 bits per heavy atom. The Kier molecular flexibility index (Phi) is 9.90. The SMILES string of the molecule is O=C(O[C@]1(C(=O)c2ccccc2)O[C@H](C(=O)C(O)c2ccccc2)[C@H](O)[C@@](O)(C(=O)c2ccccc2)[C@]1(O)C(=O)c1ccccc1)c1ccccc1. The van der Waals surface area contributed by atoms with E-state index in [0.717, 1.165) is 0 Å². The van der Waals surface area contributed by atoms with Crippen LogP contribution >= 0.6 is 0 Å². The van der Waals surface area contributed by atoms with Crippen LogP contribution in [0.25, 0.3) is 0 Å². The molecule has 0 aliphatic carbocycles. The van der Waals surface area contributed by atoms with Crippen LogP contribution in [0.5, 0.6) is 0 Å². The molecule has 0 spiro atoms. The van der Waals surface area contributed by atoms with Gasteiger partial charge in [-0.2, -0.15) is 0 Å². The highest BCUT2D eigenvalue weighted by Crippen LogP contribution is 2.51. The standard InChI is InChI=1S/C41H32O11/c42-31(26-16-6-1-7-17-26)32(43)33-37(47)39(49,34(44)27-18-8-2-9-19-27)40(50,35(45)28-20-10-3-11-21-28)41(51-33,36(46)29-22-12-4-13-23-29)52-38(48)30-24-14-5-15-25-30/h1-25,31,33,37,42,47,49-50H/t31?,33-,37+,39+,40-,41+/m1/s1. The quantitative estimate of drug-likeness (QED) is 0.116. The summed E-state index contributed by atoms with van der Waals surface area (Å²) >= 11 is 0. The number of hydrogen-bond donors (Lipinski definition) is 4. The number of rotatable bonds is 11. The van der Waals surface area contributed by atoms with Gasteiger partial charge in [-0.15, -0.1) is 0 Å². The highest BCUT2D eigenvalue weighted by atomic mass is 16.7. The third kappa shape index (κ3) is 5.86. The third-order valence-corrected chi connectivity index (χ3v) is 9.03. The Hall–Kier alpha value is -5.95. The van der Waals surface area contributed by atoms with E-state index in [9.17, 15) is 39.6 Å². The second-order valence-electron chi connectivity index (χ2n) is 12.1. The van der Waals surface area contributed by atoms with Crippen molar-refractivity contribution in [2.75, 3.05) is 0 Å². The van der Waals surface area contributed by atoms with Crippen LogP contribution in [-0.2, 0) is 14.3 Å². The van der Waals surface area contributed by atoms with Gasteiger partial charge in [0.25, 0.3) is 0 Å². The molecule has 1 aliphatic rings. The fourth-order valence-electron chi connectivity index (χ4n) is 6.32. The predicted molar refractivity (Wildman–Crippen MR) is 184 cm³/mol. The minimum atomic E-state index is -4.03. The van der Waals surface area contributed by atoms with E-state index >= 15 is 4.79 Å². The number of ether oxygens (including phenoxy) is 2. The van der Waals surface area contributed by atoms with E-state index in [1.807, 2.05) is 0 Å². The van der Waals surface area contributed by atoms with Crippen LogP contribution in [0.1, 0.15) is 53.1 Å². The molecule has 6 rings (SSSR count). The van der Waals surface area contributed by atoms with E-state index < -0.39 is 70.0 Å². The van der Waals surface area contributed by atoms with Crippen molar-refractivity contribution >= 4 is 29.1 Å². The molecule has 1 fully saturated rings. The lowest BCUT2D eigenvalue weighted by Gasteiger charge is -2.57. The molecule has 0 bridgehead atoms. The minimum Gasteiger partial charge on any atom is -0.417 e. The molecule has 11 nitrogen and oxygen atoms in total. The molecule has 1 heterocycles. The molecule has 1 unspecified atom stereocenters. The number of hydrogen-bond acceptors (Lipinski definition) is 11. The second-order valence-corrected chi connectivity index (χ2v) is 12.1. The fourth-order valence-corrected chi connectivity index (χ4v) is 6.32. The number of aliphatic hydroxyl groups is 4. The molecule has 52 heavy (non-hydrogen) atoms. The maximum absolute atomic E-state index is 15.0.